The van der Waals surface area contributed by atoms with E-state index in [0.717, 1.165) is 0 Å². The molecule has 16 heavy (non-hydrogen) atoms. The molecular formula is C10H11BrN2O3. The van der Waals surface area contributed by atoms with Crippen molar-refractivity contribution in [3.63, 3.8) is 0 Å². The molecule has 0 aliphatic rings. The Balaban J connectivity index is 3.13. The Morgan fingerprint density at radius 3 is 2.75 bits per heavy atom. The van der Waals surface area contributed by atoms with Gasteiger partial charge in [-0.2, -0.15) is 0 Å². The maximum absolute atomic E-state index is 11.8. The Bertz CT molecular complexity index is 434. The normalized spacial score (nSPS) is 12.1. The standard InChI is InChI=1S/C10H11BrN2O3/c1-2-7(11)10(14)6-3-4-8(12)9(5-6)13(15)16/h3-5,7H,2,12H2,1H3. The molecule has 1 aromatic carbocycles. The van der Waals surface area contributed by atoms with E-state index < -0.39 is 4.92 Å². The number of nitrogens with zero attached hydrogens (tertiary/aromatic N) is 1. The predicted octanol–water partition coefficient (Wildman–Crippen LogP) is 2.53. The Hall–Kier alpha value is -1.43. The lowest BCUT2D eigenvalue weighted by Crippen LogP contribution is -2.13. The zero-order valence-corrected chi connectivity index (χ0v) is 10.2. The highest BCUT2D eigenvalue weighted by Gasteiger charge is 2.19. The number of rotatable bonds is 4. The Labute approximate surface area is 101 Å². The van der Waals surface area contributed by atoms with Crippen molar-refractivity contribution in [1.29, 1.82) is 0 Å². The summed E-state index contributed by atoms with van der Waals surface area (Å²) < 4.78 is 0. The molecule has 0 aliphatic heterocycles. The number of nitrogen functional groups attached to an aromatic ring is 1. The first-order chi connectivity index (χ1) is 7.47. The SMILES string of the molecule is CCC(Br)C(=O)c1ccc(N)c([N+](=O)[O-])c1. The van der Waals surface area contributed by atoms with Gasteiger partial charge in [-0.3, -0.25) is 14.9 Å². The van der Waals surface area contributed by atoms with Gasteiger partial charge in [-0.05, 0) is 18.6 Å². The minimum absolute atomic E-state index is 0.0594. The minimum Gasteiger partial charge on any atom is -0.393 e. The summed E-state index contributed by atoms with van der Waals surface area (Å²) in [6.07, 6.45) is 0.622. The Morgan fingerprint density at radius 1 is 1.62 bits per heavy atom. The molecule has 0 saturated heterocycles. The summed E-state index contributed by atoms with van der Waals surface area (Å²) in [6, 6.07) is 4.08. The third kappa shape index (κ3) is 2.57. The van der Waals surface area contributed by atoms with E-state index >= 15 is 0 Å². The zero-order chi connectivity index (χ0) is 12.3. The van der Waals surface area contributed by atoms with Crippen LogP contribution < -0.4 is 5.73 Å². The van der Waals surface area contributed by atoms with Crippen LogP contribution in [0.2, 0.25) is 0 Å². The van der Waals surface area contributed by atoms with Crippen molar-refractivity contribution in [1.82, 2.24) is 0 Å². The number of nitrogens with two attached hydrogens (primary N) is 1. The van der Waals surface area contributed by atoms with E-state index in [1.54, 1.807) is 0 Å². The molecule has 0 amide bonds. The first-order valence-electron chi connectivity index (χ1n) is 4.69. The average Bonchev–Trinajstić information content (AvgIpc) is 2.27. The molecule has 6 heteroatoms. The molecule has 0 radical (unpaired) electrons. The maximum Gasteiger partial charge on any atom is 0.292 e. The smallest absolute Gasteiger partial charge is 0.292 e. The van der Waals surface area contributed by atoms with Crippen LogP contribution in [-0.4, -0.2) is 15.5 Å². The number of benzene rings is 1. The summed E-state index contributed by atoms with van der Waals surface area (Å²) in [4.78, 5) is 21.5. The number of nitro groups is 1. The molecule has 0 aliphatic carbocycles. The highest BCUT2D eigenvalue weighted by molar-refractivity contribution is 9.10. The van der Waals surface area contributed by atoms with Crippen LogP contribution in [0.5, 0.6) is 0 Å². The molecule has 86 valence electrons. The lowest BCUT2D eigenvalue weighted by molar-refractivity contribution is -0.383. The molecule has 1 atom stereocenters. The fourth-order valence-corrected chi connectivity index (χ4v) is 1.49. The third-order valence-electron chi connectivity index (χ3n) is 2.15. The number of nitro benzene ring substituents is 1. The third-order valence-corrected chi connectivity index (χ3v) is 3.22. The number of hydrogen-bond donors (Lipinski definition) is 1. The minimum atomic E-state index is -0.596. The summed E-state index contributed by atoms with van der Waals surface area (Å²) in [5.74, 6) is -0.175. The van der Waals surface area contributed by atoms with Gasteiger partial charge in [0.15, 0.2) is 5.78 Å². The molecule has 0 heterocycles. The van der Waals surface area contributed by atoms with Gasteiger partial charge >= 0.3 is 0 Å². The van der Waals surface area contributed by atoms with Gasteiger partial charge in [0, 0.05) is 11.6 Å². The number of anilines is 1. The van der Waals surface area contributed by atoms with Crippen LogP contribution in [0.3, 0.4) is 0 Å². The van der Waals surface area contributed by atoms with Gasteiger partial charge in [0.05, 0.1) is 9.75 Å². The number of Topliss-reactive ketones (excluding diaryl/α,β-unsaturated/α-hetero) is 1. The monoisotopic (exact) mass is 286 g/mol. The Kier molecular flexibility index (Phi) is 4.00. The summed E-state index contributed by atoms with van der Waals surface area (Å²) in [5, 5.41) is 10.6. The number of alkyl halides is 1. The lowest BCUT2D eigenvalue weighted by Gasteiger charge is -2.06. The first-order valence-corrected chi connectivity index (χ1v) is 5.61. The lowest BCUT2D eigenvalue weighted by atomic mass is 10.1. The van der Waals surface area contributed by atoms with Gasteiger partial charge < -0.3 is 5.73 Å². The summed E-state index contributed by atoms with van der Waals surface area (Å²) in [6.45, 7) is 1.85. The number of carbonyl (C=O) groups excluding carboxylic acids is 1. The molecule has 1 aromatic rings. The van der Waals surface area contributed by atoms with Crippen molar-refractivity contribution in [3.05, 3.63) is 33.9 Å². The van der Waals surface area contributed by atoms with Crippen LogP contribution in [0.25, 0.3) is 0 Å². The molecule has 1 rings (SSSR count). The Morgan fingerprint density at radius 2 is 2.25 bits per heavy atom. The van der Waals surface area contributed by atoms with Crippen molar-refractivity contribution >= 4 is 33.1 Å². The fourth-order valence-electron chi connectivity index (χ4n) is 1.22. The summed E-state index contributed by atoms with van der Waals surface area (Å²) >= 11 is 3.21. The highest BCUT2D eigenvalue weighted by Crippen LogP contribution is 2.24. The van der Waals surface area contributed by atoms with Crippen LogP contribution in [0.4, 0.5) is 11.4 Å². The van der Waals surface area contributed by atoms with E-state index in [1.807, 2.05) is 6.92 Å². The number of hydrogen-bond acceptors (Lipinski definition) is 4. The quantitative estimate of drug-likeness (QED) is 0.303. The van der Waals surface area contributed by atoms with E-state index in [2.05, 4.69) is 15.9 Å². The molecule has 0 saturated carbocycles. The molecule has 0 bridgehead atoms. The topological polar surface area (TPSA) is 86.2 Å². The van der Waals surface area contributed by atoms with Crippen molar-refractivity contribution < 1.29 is 9.72 Å². The number of ketones is 1. The molecule has 5 nitrogen and oxygen atoms in total. The van der Waals surface area contributed by atoms with E-state index in [-0.39, 0.29) is 22.0 Å². The largest absolute Gasteiger partial charge is 0.393 e. The van der Waals surface area contributed by atoms with Gasteiger partial charge in [0.2, 0.25) is 0 Å². The summed E-state index contributed by atoms with van der Waals surface area (Å²) in [5.41, 5.74) is 5.56. The van der Waals surface area contributed by atoms with Gasteiger partial charge in [-0.15, -0.1) is 0 Å². The van der Waals surface area contributed by atoms with Crippen LogP contribution in [0.1, 0.15) is 23.7 Å². The molecule has 1 unspecified atom stereocenters. The van der Waals surface area contributed by atoms with E-state index in [1.165, 1.54) is 18.2 Å². The van der Waals surface area contributed by atoms with Crippen LogP contribution in [-0.2, 0) is 0 Å². The fraction of sp³-hybridized carbons (Fsp3) is 0.300. The van der Waals surface area contributed by atoms with Crippen LogP contribution >= 0.6 is 15.9 Å². The van der Waals surface area contributed by atoms with Gasteiger partial charge in [-0.1, -0.05) is 22.9 Å². The van der Waals surface area contributed by atoms with Crippen molar-refractivity contribution in [2.45, 2.75) is 18.2 Å². The maximum atomic E-state index is 11.8. The summed E-state index contributed by atoms with van der Waals surface area (Å²) in [7, 11) is 0. The first kappa shape index (κ1) is 12.6. The van der Waals surface area contributed by atoms with Crippen molar-refractivity contribution in [2.75, 3.05) is 5.73 Å². The highest BCUT2D eigenvalue weighted by atomic mass is 79.9. The molecule has 2 N–H and O–H groups in total. The van der Waals surface area contributed by atoms with Gasteiger partial charge in [-0.25, -0.2) is 0 Å². The molecule has 0 fully saturated rings. The van der Waals surface area contributed by atoms with Gasteiger partial charge in [0.25, 0.3) is 5.69 Å². The van der Waals surface area contributed by atoms with E-state index in [9.17, 15) is 14.9 Å². The molecule has 0 spiro atoms. The second-order valence-electron chi connectivity index (χ2n) is 3.27. The molecule has 0 aromatic heterocycles. The predicted molar refractivity (Wildman–Crippen MR) is 64.8 cm³/mol. The van der Waals surface area contributed by atoms with E-state index in [4.69, 9.17) is 5.73 Å². The average molecular weight is 287 g/mol. The van der Waals surface area contributed by atoms with Crippen LogP contribution in [0.15, 0.2) is 18.2 Å². The second-order valence-corrected chi connectivity index (χ2v) is 4.38. The van der Waals surface area contributed by atoms with E-state index in [0.29, 0.717) is 12.0 Å². The number of halogens is 1. The van der Waals surface area contributed by atoms with Crippen molar-refractivity contribution in [3.8, 4) is 0 Å². The van der Waals surface area contributed by atoms with Gasteiger partial charge in [0.1, 0.15) is 5.69 Å². The van der Waals surface area contributed by atoms with Crippen LogP contribution in [0, 0.1) is 10.1 Å². The second kappa shape index (κ2) is 5.07. The van der Waals surface area contributed by atoms with Crippen molar-refractivity contribution in [2.24, 2.45) is 0 Å². The zero-order valence-electron chi connectivity index (χ0n) is 8.64. The number of carbonyl (C=O) groups is 1. The molecular weight excluding hydrogens is 276 g/mol.